The molecule has 102 valence electrons. The number of benzene rings is 2. The summed E-state index contributed by atoms with van der Waals surface area (Å²) in [5.41, 5.74) is 0.477. The van der Waals surface area contributed by atoms with E-state index >= 15 is 0 Å². The predicted octanol–water partition coefficient (Wildman–Crippen LogP) is 3.08. The minimum absolute atomic E-state index is 0.0114. The first-order valence-corrected chi connectivity index (χ1v) is 5.89. The van der Waals surface area contributed by atoms with Crippen LogP contribution in [0.1, 0.15) is 26.3 Å². The molecule has 0 bridgehead atoms. The maximum absolute atomic E-state index is 13.7. The number of amides is 1. The highest BCUT2D eigenvalue weighted by atomic mass is 19.1. The zero-order chi connectivity index (χ0) is 14.7. The number of rotatable bonds is 3. The van der Waals surface area contributed by atoms with Gasteiger partial charge in [0.15, 0.2) is 0 Å². The lowest BCUT2D eigenvalue weighted by Gasteiger charge is -2.10. The average molecular weight is 273 g/mol. The highest BCUT2D eigenvalue weighted by Gasteiger charge is 2.17. The van der Waals surface area contributed by atoms with Crippen LogP contribution in [-0.2, 0) is 0 Å². The Balaban J connectivity index is 2.36. The fraction of sp³-hybridized carbons (Fsp3) is 0.0667. The Hall–Kier alpha value is -2.69. The van der Waals surface area contributed by atoms with Crippen molar-refractivity contribution in [2.45, 2.75) is 6.92 Å². The Bertz CT molecular complexity index is 662. The van der Waals surface area contributed by atoms with Gasteiger partial charge in [-0.15, -0.1) is 0 Å². The number of carboxylic acid groups (broad SMARTS) is 1. The first-order valence-electron chi connectivity index (χ1n) is 5.89. The van der Waals surface area contributed by atoms with Gasteiger partial charge in [0.05, 0.1) is 16.8 Å². The fourth-order valence-electron chi connectivity index (χ4n) is 1.84. The standard InChI is InChI=1S/C15H12FNO3/c1-9-5-4-8-12(16)13(9)17-14(18)10-6-2-3-7-11(10)15(19)20/h2-8H,1H3,(H,17,18)(H,19,20). The van der Waals surface area contributed by atoms with Crippen LogP contribution in [0, 0.1) is 12.7 Å². The van der Waals surface area contributed by atoms with Gasteiger partial charge in [0, 0.05) is 0 Å². The molecule has 0 aliphatic rings. The molecule has 2 N–H and O–H groups in total. The number of para-hydroxylation sites is 1. The van der Waals surface area contributed by atoms with Crippen LogP contribution in [0.25, 0.3) is 0 Å². The summed E-state index contributed by atoms with van der Waals surface area (Å²) in [5.74, 6) is -2.43. The van der Waals surface area contributed by atoms with Gasteiger partial charge in [-0.1, -0.05) is 24.3 Å². The van der Waals surface area contributed by atoms with Crippen molar-refractivity contribution in [3.63, 3.8) is 0 Å². The number of halogens is 1. The Morgan fingerprint density at radius 3 is 2.30 bits per heavy atom. The second-order valence-electron chi connectivity index (χ2n) is 4.24. The molecule has 20 heavy (non-hydrogen) atoms. The fourth-order valence-corrected chi connectivity index (χ4v) is 1.84. The molecule has 2 aromatic rings. The zero-order valence-corrected chi connectivity index (χ0v) is 10.7. The third kappa shape index (κ3) is 2.66. The van der Waals surface area contributed by atoms with Crippen molar-refractivity contribution in [3.05, 3.63) is 65.0 Å². The van der Waals surface area contributed by atoms with Gasteiger partial charge in [0.25, 0.3) is 5.91 Å². The van der Waals surface area contributed by atoms with E-state index in [1.165, 1.54) is 30.3 Å². The van der Waals surface area contributed by atoms with E-state index in [2.05, 4.69) is 5.32 Å². The van der Waals surface area contributed by atoms with Gasteiger partial charge >= 0.3 is 5.97 Å². The summed E-state index contributed by atoms with van der Waals surface area (Å²) in [6.45, 7) is 1.65. The number of carbonyl (C=O) groups excluding carboxylic acids is 1. The highest BCUT2D eigenvalue weighted by Crippen LogP contribution is 2.20. The molecule has 0 aliphatic heterocycles. The number of anilines is 1. The van der Waals surface area contributed by atoms with Crippen LogP contribution in [0.3, 0.4) is 0 Å². The van der Waals surface area contributed by atoms with E-state index in [1.54, 1.807) is 19.1 Å². The summed E-state index contributed by atoms with van der Waals surface area (Å²) in [6, 6.07) is 10.2. The first-order chi connectivity index (χ1) is 9.50. The normalized spacial score (nSPS) is 10.1. The quantitative estimate of drug-likeness (QED) is 0.903. The SMILES string of the molecule is Cc1cccc(F)c1NC(=O)c1ccccc1C(=O)O. The van der Waals surface area contributed by atoms with Crippen molar-refractivity contribution in [1.82, 2.24) is 0 Å². The first kappa shape index (κ1) is 13.7. The molecule has 4 nitrogen and oxygen atoms in total. The molecule has 2 aromatic carbocycles. The van der Waals surface area contributed by atoms with Crippen LogP contribution in [0.5, 0.6) is 0 Å². The van der Waals surface area contributed by atoms with Crippen LogP contribution >= 0.6 is 0 Å². The summed E-state index contributed by atoms with van der Waals surface area (Å²) in [4.78, 5) is 23.2. The minimum atomic E-state index is -1.21. The Labute approximate surface area is 114 Å². The van der Waals surface area contributed by atoms with E-state index in [1.807, 2.05) is 0 Å². The van der Waals surface area contributed by atoms with Crippen molar-refractivity contribution in [2.75, 3.05) is 5.32 Å². The van der Waals surface area contributed by atoms with E-state index < -0.39 is 17.7 Å². The van der Waals surface area contributed by atoms with Crippen molar-refractivity contribution in [1.29, 1.82) is 0 Å². The molecule has 0 aliphatic carbocycles. The zero-order valence-electron chi connectivity index (χ0n) is 10.7. The van der Waals surface area contributed by atoms with Crippen molar-refractivity contribution < 1.29 is 19.1 Å². The van der Waals surface area contributed by atoms with Gasteiger partial charge in [-0.2, -0.15) is 0 Å². The highest BCUT2D eigenvalue weighted by molar-refractivity contribution is 6.10. The molecule has 0 fully saturated rings. The number of carboxylic acids is 1. The number of carbonyl (C=O) groups is 2. The lowest BCUT2D eigenvalue weighted by Crippen LogP contribution is -2.17. The Morgan fingerprint density at radius 1 is 1.05 bits per heavy atom. The van der Waals surface area contributed by atoms with E-state index in [-0.39, 0.29) is 16.8 Å². The molecule has 5 heteroatoms. The number of aryl methyl sites for hydroxylation is 1. The van der Waals surface area contributed by atoms with E-state index in [0.717, 1.165) is 0 Å². The summed E-state index contributed by atoms with van der Waals surface area (Å²) >= 11 is 0. The monoisotopic (exact) mass is 273 g/mol. The summed E-state index contributed by atoms with van der Waals surface area (Å²) in [6.07, 6.45) is 0. The van der Waals surface area contributed by atoms with Crippen LogP contribution < -0.4 is 5.32 Å². The van der Waals surface area contributed by atoms with Crippen LogP contribution in [0.2, 0.25) is 0 Å². The number of aromatic carboxylic acids is 1. The predicted molar refractivity (Wildman–Crippen MR) is 72.5 cm³/mol. The molecule has 0 atom stereocenters. The van der Waals surface area contributed by atoms with Crippen molar-refractivity contribution in [3.8, 4) is 0 Å². The number of hydrogen-bond donors (Lipinski definition) is 2. The molecule has 0 saturated heterocycles. The molecule has 2 rings (SSSR count). The van der Waals surface area contributed by atoms with E-state index in [0.29, 0.717) is 5.56 Å². The lowest BCUT2D eigenvalue weighted by atomic mass is 10.1. The molecule has 0 saturated carbocycles. The van der Waals surface area contributed by atoms with Gasteiger partial charge in [0.1, 0.15) is 5.82 Å². The summed E-state index contributed by atoms with van der Waals surface area (Å²) in [5, 5.41) is 11.4. The third-order valence-corrected chi connectivity index (χ3v) is 2.86. The molecule has 0 unspecified atom stereocenters. The second kappa shape index (κ2) is 5.52. The maximum atomic E-state index is 13.7. The molecule has 0 radical (unpaired) electrons. The average Bonchev–Trinajstić information content (AvgIpc) is 2.43. The van der Waals surface area contributed by atoms with Gasteiger partial charge in [-0.05, 0) is 30.7 Å². The Kier molecular flexibility index (Phi) is 3.79. The topological polar surface area (TPSA) is 66.4 Å². The van der Waals surface area contributed by atoms with Gasteiger partial charge in [-0.25, -0.2) is 9.18 Å². The van der Waals surface area contributed by atoms with Gasteiger partial charge in [0.2, 0.25) is 0 Å². The number of nitrogens with one attached hydrogen (secondary N) is 1. The maximum Gasteiger partial charge on any atom is 0.336 e. The van der Waals surface area contributed by atoms with Crippen molar-refractivity contribution in [2.24, 2.45) is 0 Å². The molecule has 1 amide bonds. The minimum Gasteiger partial charge on any atom is -0.478 e. The van der Waals surface area contributed by atoms with Gasteiger partial charge < -0.3 is 10.4 Å². The summed E-state index contributed by atoms with van der Waals surface area (Å²) < 4.78 is 13.7. The third-order valence-electron chi connectivity index (χ3n) is 2.86. The number of hydrogen-bond acceptors (Lipinski definition) is 2. The Morgan fingerprint density at radius 2 is 1.70 bits per heavy atom. The van der Waals surface area contributed by atoms with Crippen LogP contribution in [-0.4, -0.2) is 17.0 Å². The molecule has 0 heterocycles. The van der Waals surface area contributed by atoms with Crippen LogP contribution in [0.4, 0.5) is 10.1 Å². The van der Waals surface area contributed by atoms with Crippen molar-refractivity contribution >= 4 is 17.6 Å². The molecule has 0 spiro atoms. The van der Waals surface area contributed by atoms with E-state index in [9.17, 15) is 14.0 Å². The van der Waals surface area contributed by atoms with Crippen LogP contribution in [0.15, 0.2) is 42.5 Å². The smallest absolute Gasteiger partial charge is 0.336 e. The molecular weight excluding hydrogens is 261 g/mol. The molecular formula is C15H12FNO3. The lowest BCUT2D eigenvalue weighted by molar-refractivity contribution is 0.0692. The van der Waals surface area contributed by atoms with E-state index in [4.69, 9.17) is 5.11 Å². The summed E-state index contributed by atoms with van der Waals surface area (Å²) in [7, 11) is 0. The van der Waals surface area contributed by atoms with Gasteiger partial charge in [-0.3, -0.25) is 4.79 Å². The second-order valence-corrected chi connectivity index (χ2v) is 4.24. The largest absolute Gasteiger partial charge is 0.478 e. The molecule has 0 aromatic heterocycles.